The molecule has 1 amide bonds. The fourth-order valence-electron chi connectivity index (χ4n) is 3.40. The first-order chi connectivity index (χ1) is 10.8. The van der Waals surface area contributed by atoms with E-state index in [-0.39, 0.29) is 5.91 Å². The number of hydrogen-bond donors (Lipinski definition) is 0. The number of aromatic nitrogens is 1. The Balaban J connectivity index is 1.48. The van der Waals surface area contributed by atoms with Crippen LogP contribution in [0.15, 0.2) is 24.5 Å². The number of pyridine rings is 1. The lowest BCUT2D eigenvalue weighted by Gasteiger charge is -2.30. The molecular weight excluding hydrogens is 278 g/mol. The highest BCUT2D eigenvalue weighted by molar-refractivity contribution is 5.78. The van der Waals surface area contributed by atoms with Crippen molar-refractivity contribution in [2.45, 2.75) is 31.7 Å². The Kier molecular flexibility index (Phi) is 5.40. The molecule has 2 saturated heterocycles. The highest BCUT2D eigenvalue weighted by Gasteiger charge is 2.28. The number of carbonyl (C=O) groups is 1. The van der Waals surface area contributed by atoms with Gasteiger partial charge in [0, 0.05) is 31.5 Å². The highest BCUT2D eigenvalue weighted by Crippen LogP contribution is 2.21. The molecule has 0 spiro atoms. The number of hydrogen-bond acceptors (Lipinski definition) is 4. The van der Waals surface area contributed by atoms with Gasteiger partial charge in [0.1, 0.15) is 0 Å². The Morgan fingerprint density at radius 1 is 1.23 bits per heavy atom. The molecule has 0 unspecified atom stereocenters. The smallest absolute Gasteiger partial charge is 0.236 e. The van der Waals surface area contributed by atoms with E-state index in [2.05, 4.69) is 22.0 Å². The first-order valence-corrected chi connectivity index (χ1v) is 8.31. The van der Waals surface area contributed by atoms with Crippen LogP contribution in [0.4, 0.5) is 0 Å². The Bertz CT molecular complexity index is 474. The molecular formula is C17H25N3O2. The van der Waals surface area contributed by atoms with Gasteiger partial charge in [-0.3, -0.25) is 14.7 Å². The summed E-state index contributed by atoms with van der Waals surface area (Å²) in [6, 6.07) is 4.70. The van der Waals surface area contributed by atoms with Crippen molar-refractivity contribution < 1.29 is 9.53 Å². The van der Waals surface area contributed by atoms with Crippen molar-refractivity contribution in [2.24, 2.45) is 0 Å². The van der Waals surface area contributed by atoms with Crippen LogP contribution in [0.25, 0.3) is 0 Å². The molecule has 5 nitrogen and oxygen atoms in total. The van der Waals surface area contributed by atoms with Gasteiger partial charge in [-0.25, -0.2) is 0 Å². The first kappa shape index (κ1) is 15.4. The molecule has 0 radical (unpaired) electrons. The van der Waals surface area contributed by atoms with Crippen LogP contribution in [0.1, 0.15) is 24.8 Å². The van der Waals surface area contributed by atoms with E-state index in [1.54, 1.807) is 0 Å². The number of likely N-dealkylation sites (tertiary alicyclic amines) is 1. The van der Waals surface area contributed by atoms with Gasteiger partial charge in [-0.2, -0.15) is 0 Å². The second-order valence-corrected chi connectivity index (χ2v) is 6.15. The van der Waals surface area contributed by atoms with Gasteiger partial charge in [0.05, 0.1) is 19.8 Å². The Hall–Kier alpha value is -1.46. The zero-order valence-corrected chi connectivity index (χ0v) is 13.1. The Morgan fingerprint density at radius 3 is 2.77 bits per heavy atom. The van der Waals surface area contributed by atoms with E-state index < -0.39 is 0 Å². The molecule has 3 heterocycles. The van der Waals surface area contributed by atoms with Crippen LogP contribution in [0, 0.1) is 0 Å². The summed E-state index contributed by atoms with van der Waals surface area (Å²) in [7, 11) is 0. The molecule has 2 aliphatic rings. The maximum Gasteiger partial charge on any atom is 0.236 e. The predicted molar refractivity (Wildman–Crippen MR) is 84.6 cm³/mol. The molecule has 0 N–H and O–H groups in total. The fourth-order valence-corrected chi connectivity index (χ4v) is 3.40. The Morgan fingerprint density at radius 2 is 2.00 bits per heavy atom. The normalized spacial score (nSPS) is 22.9. The second-order valence-electron chi connectivity index (χ2n) is 6.15. The minimum Gasteiger partial charge on any atom is -0.378 e. The lowest BCUT2D eigenvalue weighted by atomic mass is 10.0. The quantitative estimate of drug-likeness (QED) is 0.823. The van der Waals surface area contributed by atoms with Crippen LogP contribution in [0.5, 0.6) is 0 Å². The lowest BCUT2D eigenvalue weighted by Crippen LogP contribution is -2.46. The number of rotatable bonds is 5. The molecule has 3 rings (SSSR count). The van der Waals surface area contributed by atoms with Crippen molar-refractivity contribution in [1.82, 2.24) is 14.8 Å². The fraction of sp³-hybridized carbons (Fsp3) is 0.647. The summed E-state index contributed by atoms with van der Waals surface area (Å²) in [5.74, 6) is 0.263. The van der Waals surface area contributed by atoms with Gasteiger partial charge >= 0.3 is 0 Å². The molecule has 5 heteroatoms. The molecule has 0 aromatic carbocycles. The number of morpholine rings is 1. The summed E-state index contributed by atoms with van der Waals surface area (Å²) in [6.07, 6.45) is 8.31. The minimum atomic E-state index is 0.263. The zero-order chi connectivity index (χ0) is 15.2. The van der Waals surface area contributed by atoms with Gasteiger partial charge in [-0.15, -0.1) is 0 Å². The summed E-state index contributed by atoms with van der Waals surface area (Å²) in [4.78, 5) is 20.8. The van der Waals surface area contributed by atoms with Crippen molar-refractivity contribution in [2.75, 3.05) is 39.4 Å². The van der Waals surface area contributed by atoms with E-state index in [4.69, 9.17) is 4.74 Å². The third kappa shape index (κ3) is 4.05. The molecule has 1 aromatic rings. The summed E-state index contributed by atoms with van der Waals surface area (Å²) < 4.78 is 5.32. The average Bonchev–Trinajstić information content (AvgIpc) is 3.02. The predicted octanol–water partition coefficient (Wildman–Crippen LogP) is 1.34. The third-order valence-corrected chi connectivity index (χ3v) is 4.72. The lowest BCUT2D eigenvalue weighted by molar-refractivity contribution is -0.136. The van der Waals surface area contributed by atoms with E-state index in [0.29, 0.717) is 25.8 Å². The molecule has 1 atom stereocenters. The van der Waals surface area contributed by atoms with Crippen LogP contribution in [-0.2, 0) is 16.0 Å². The zero-order valence-electron chi connectivity index (χ0n) is 13.1. The topological polar surface area (TPSA) is 45.7 Å². The number of carbonyl (C=O) groups excluding carboxylic acids is 1. The highest BCUT2D eigenvalue weighted by atomic mass is 16.5. The van der Waals surface area contributed by atoms with Gasteiger partial charge in [0.15, 0.2) is 0 Å². The van der Waals surface area contributed by atoms with E-state index in [0.717, 1.165) is 32.5 Å². The molecule has 120 valence electrons. The van der Waals surface area contributed by atoms with Gasteiger partial charge in [-0.1, -0.05) is 0 Å². The molecule has 1 aromatic heterocycles. The van der Waals surface area contributed by atoms with Gasteiger partial charge in [0.25, 0.3) is 0 Å². The van der Waals surface area contributed by atoms with Crippen molar-refractivity contribution in [3.8, 4) is 0 Å². The van der Waals surface area contributed by atoms with E-state index in [9.17, 15) is 4.79 Å². The standard InChI is InChI=1S/C17H25N3O2/c21-17(19-10-12-22-13-11-19)14-20-9-1-2-16(20)4-3-15-5-7-18-8-6-15/h5-8,16H,1-4,9-14H2/t16-/m1/s1. The molecule has 0 saturated carbocycles. The molecule has 2 aliphatic heterocycles. The minimum absolute atomic E-state index is 0.263. The van der Waals surface area contributed by atoms with Crippen LogP contribution >= 0.6 is 0 Å². The Labute approximate surface area is 132 Å². The van der Waals surface area contributed by atoms with Crippen LogP contribution in [-0.4, -0.2) is 66.1 Å². The van der Waals surface area contributed by atoms with Crippen LogP contribution in [0.3, 0.4) is 0 Å². The van der Waals surface area contributed by atoms with Crippen molar-refractivity contribution in [3.05, 3.63) is 30.1 Å². The average molecular weight is 303 g/mol. The third-order valence-electron chi connectivity index (χ3n) is 4.72. The van der Waals surface area contributed by atoms with Crippen molar-refractivity contribution in [3.63, 3.8) is 0 Å². The monoisotopic (exact) mass is 303 g/mol. The maximum atomic E-state index is 12.4. The number of ether oxygens (including phenoxy) is 1. The molecule has 2 fully saturated rings. The SMILES string of the molecule is O=C(CN1CCC[C@@H]1CCc1ccncc1)N1CCOCC1. The first-order valence-electron chi connectivity index (χ1n) is 8.31. The summed E-state index contributed by atoms with van der Waals surface area (Å²) in [5, 5.41) is 0. The van der Waals surface area contributed by atoms with Gasteiger partial charge in [0.2, 0.25) is 5.91 Å². The maximum absolute atomic E-state index is 12.4. The largest absolute Gasteiger partial charge is 0.378 e. The van der Waals surface area contributed by atoms with E-state index >= 15 is 0 Å². The second kappa shape index (κ2) is 7.70. The van der Waals surface area contributed by atoms with Gasteiger partial charge in [-0.05, 0) is 49.9 Å². The van der Waals surface area contributed by atoms with E-state index in [1.807, 2.05) is 17.3 Å². The summed E-state index contributed by atoms with van der Waals surface area (Å²) in [6.45, 7) is 4.47. The number of nitrogens with zero attached hydrogens (tertiary/aromatic N) is 3. The van der Waals surface area contributed by atoms with Crippen LogP contribution < -0.4 is 0 Å². The van der Waals surface area contributed by atoms with E-state index in [1.165, 1.54) is 18.4 Å². The molecule has 0 aliphatic carbocycles. The van der Waals surface area contributed by atoms with Crippen LogP contribution in [0.2, 0.25) is 0 Å². The van der Waals surface area contributed by atoms with Crippen molar-refractivity contribution >= 4 is 5.91 Å². The summed E-state index contributed by atoms with van der Waals surface area (Å²) >= 11 is 0. The molecule has 22 heavy (non-hydrogen) atoms. The van der Waals surface area contributed by atoms with Crippen molar-refractivity contribution in [1.29, 1.82) is 0 Å². The van der Waals surface area contributed by atoms with Gasteiger partial charge < -0.3 is 9.64 Å². The number of aryl methyl sites for hydroxylation is 1. The summed E-state index contributed by atoms with van der Waals surface area (Å²) in [5.41, 5.74) is 1.33. The molecule has 0 bridgehead atoms. The number of amides is 1.